The van der Waals surface area contributed by atoms with Gasteiger partial charge in [-0.05, 0) is 29.3 Å². The molecule has 9 nitrogen and oxygen atoms in total. The first-order valence-corrected chi connectivity index (χ1v) is 15.9. The van der Waals surface area contributed by atoms with E-state index < -0.39 is 10.0 Å². The summed E-state index contributed by atoms with van der Waals surface area (Å²) in [6.45, 7) is 8.57. The highest BCUT2D eigenvalue weighted by atomic mass is 32.2. The molecule has 0 spiro atoms. The number of amides is 1. The van der Waals surface area contributed by atoms with Gasteiger partial charge in [-0.2, -0.15) is 0 Å². The van der Waals surface area contributed by atoms with E-state index in [0.717, 1.165) is 58.0 Å². The number of ether oxygens (including phenoxy) is 1. The number of hydrogen-bond acceptors (Lipinski definition) is 7. The van der Waals surface area contributed by atoms with Crippen LogP contribution in [-0.2, 0) is 27.1 Å². The lowest BCUT2D eigenvalue weighted by molar-refractivity contribution is 0.0383. The number of morpholine rings is 1. The second kappa shape index (κ2) is 14.0. The molecule has 2 N–H and O–H groups in total. The number of carbonyl (C=O) groups is 1. The van der Waals surface area contributed by atoms with Gasteiger partial charge >= 0.3 is 0 Å². The fraction of sp³-hybridized carbons (Fsp3) is 0.387. The van der Waals surface area contributed by atoms with E-state index in [9.17, 15) is 13.2 Å². The van der Waals surface area contributed by atoms with Crippen LogP contribution in [0.3, 0.4) is 0 Å². The van der Waals surface area contributed by atoms with Gasteiger partial charge in [0.2, 0.25) is 10.0 Å². The van der Waals surface area contributed by atoms with Crippen molar-refractivity contribution in [2.75, 3.05) is 75.2 Å². The summed E-state index contributed by atoms with van der Waals surface area (Å²) >= 11 is 0. The lowest BCUT2D eigenvalue weighted by Gasteiger charge is -2.37. The summed E-state index contributed by atoms with van der Waals surface area (Å²) in [5.74, 6) is -0.343. The highest BCUT2D eigenvalue weighted by molar-refractivity contribution is 7.91. The number of sulfonamides is 1. The molecule has 0 aromatic heterocycles. The standard InChI is InChI=1S/C31H39N5O4S/c37-31(32-13-14-34-19-21-40-22-20-34)29-23-28(33-41(38,39)25-27-9-5-2-6-10-27)11-12-30(29)36-17-15-35(16-18-36)24-26-7-3-1-4-8-26/h1-12,23,33H,13-22,24-25H2,(H,32,37). The first-order valence-electron chi connectivity index (χ1n) is 14.2. The zero-order chi connectivity index (χ0) is 28.5. The molecule has 3 aromatic rings. The molecule has 41 heavy (non-hydrogen) atoms. The van der Waals surface area contributed by atoms with Crippen LogP contribution >= 0.6 is 0 Å². The summed E-state index contributed by atoms with van der Waals surface area (Å²) in [7, 11) is -3.66. The predicted octanol–water partition coefficient (Wildman–Crippen LogP) is 3.01. The third kappa shape index (κ3) is 8.53. The van der Waals surface area contributed by atoms with Crippen LogP contribution < -0.4 is 14.9 Å². The Balaban J connectivity index is 1.28. The first-order chi connectivity index (χ1) is 19.9. The molecule has 0 saturated carbocycles. The lowest BCUT2D eigenvalue weighted by atomic mass is 10.1. The highest BCUT2D eigenvalue weighted by Gasteiger charge is 2.23. The van der Waals surface area contributed by atoms with Crippen molar-refractivity contribution in [1.29, 1.82) is 0 Å². The summed E-state index contributed by atoms with van der Waals surface area (Å²) in [4.78, 5) is 20.4. The molecule has 0 bridgehead atoms. The van der Waals surface area contributed by atoms with Crippen molar-refractivity contribution < 1.29 is 17.9 Å². The van der Waals surface area contributed by atoms with E-state index in [4.69, 9.17) is 4.74 Å². The number of benzene rings is 3. The van der Waals surface area contributed by atoms with Gasteiger partial charge in [-0.25, -0.2) is 8.42 Å². The lowest BCUT2D eigenvalue weighted by Crippen LogP contribution is -2.46. The normalized spacial score (nSPS) is 16.8. The molecule has 0 unspecified atom stereocenters. The monoisotopic (exact) mass is 577 g/mol. The average molecular weight is 578 g/mol. The second-order valence-corrected chi connectivity index (χ2v) is 12.3. The Bertz CT molecular complexity index is 1370. The maximum absolute atomic E-state index is 13.5. The van der Waals surface area contributed by atoms with Crippen molar-refractivity contribution in [3.8, 4) is 0 Å². The van der Waals surface area contributed by atoms with E-state index in [-0.39, 0.29) is 11.7 Å². The minimum atomic E-state index is -3.66. The van der Waals surface area contributed by atoms with Gasteiger partial charge in [-0.3, -0.25) is 19.3 Å². The van der Waals surface area contributed by atoms with Gasteiger partial charge in [0.05, 0.1) is 24.5 Å². The molecule has 2 aliphatic rings. The number of nitrogens with zero attached hydrogens (tertiary/aromatic N) is 3. The number of hydrogen-bond donors (Lipinski definition) is 2. The van der Waals surface area contributed by atoms with Crippen LogP contribution in [0.25, 0.3) is 0 Å². The molecule has 1 amide bonds. The van der Waals surface area contributed by atoms with Gasteiger partial charge in [0, 0.05) is 70.3 Å². The molecule has 3 aromatic carbocycles. The van der Waals surface area contributed by atoms with Crippen LogP contribution in [0.2, 0.25) is 0 Å². The molecule has 218 valence electrons. The maximum Gasteiger partial charge on any atom is 0.253 e. The predicted molar refractivity (Wildman–Crippen MR) is 163 cm³/mol. The Hall–Kier alpha value is -3.44. The molecule has 2 heterocycles. The maximum atomic E-state index is 13.5. The number of piperazine rings is 1. The highest BCUT2D eigenvalue weighted by Crippen LogP contribution is 2.27. The van der Waals surface area contributed by atoms with Crippen LogP contribution in [0.4, 0.5) is 11.4 Å². The summed E-state index contributed by atoms with van der Waals surface area (Å²) in [6.07, 6.45) is 0. The van der Waals surface area contributed by atoms with Crippen LogP contribution in [0.1, 0.15) is 21.5 Å². The molecule has 0 aliphatic carbocycles. The zero-order valence-corrected chi connectivity index (χ0v) is 24.2. The van der Waals surface area contributed by atoms with Crippen LogP contribution in [0, 0.1) is 0 Å². The van der Waals surface area contributed by atoms with Crippen molar-refractivity contribution in [2.24, 2.45) is 0 Å². The van der Waals surface area contributed by atoms with E-state index in [0.29, 0.717) is 36.6 Å². The van der Waals surface area contributed by atoms with E-state index in [1.54, 1.807) is 24.3 Å². The SMILES string of the molecule is O=C(NCCN1CCOCC1)c1cc(NS(=O)(=O)Cc2ccccc2)ccc1N1CCN(Cc2ccccc2)CC1. The second-order valence-electron chi connectivity index (χ2n) is 10.5. The molecule has 2 aliphatic heterocycles. The number of anilines is 2. The van der Waals surface area contributed by atoms with E-state index >= 15 is 0 Å². The third-order valence-electron chi connectivity index (χ3n) is 7.49. The molecule has 0 atom stereocenters. The first kappa shape index (κ1) is 29.1. The van der Waals surface area contributed by atoms with Crippen molar-refractivity contribution in [1.82, 2.24) is 15.1 Å². The van der Waals surface area contributed by atoms with E-state index in [1.807, 2.05) is 30.3 Å². The van der Waals surface area contributed by atoms with E-state index in [1.165, 1.54) is 5.56 Å². The molecular formula is C31H39N5O4S. The van der Waals surface area contributed by atoms with Gasteiger partial charge in [0.1, 0.15) is 0 Å². The van der Waals surface area contributed by atoms with Crippen LogP contribution in [0.5, 0.6) is 0 Å². The molecular weight excluding hydrogens is 538 g/mol. The Kier molecular flexibility index (Phi) is 9.89. The van der Waals surface area contributed by atoms with Gasteiger partial charge in [0.15, 0.2) is 0 Å². The Morgan fingerprint density at radius 2 is 1.44 bits per heavy atom. The fourth-order valence-corrected chi connectivity index (χ4v) is 6.49. The molecule has 10 heteroatoms. The van der Waals surface area contributed by atoms with Gasteiger partial charge < -0.3 is 15.0 Å². The van der Waals surface area contributed by atoms with Gasteiger partial charge in [0.25, 0.3) is 5.91 Å². The largest absolute Gasteiger partial charge is 0.379 e. The third-order valence-corrected chi connectivity index (χ3v) is 8.75. The Morgan fingerprint density at radius 3 is 2.12 bits per heavy atom. The molecule has 2 saturated heterocycles. The van der Waals surface area contributed by atoms with Gasteiger partial charge in [-0.1, -0.05) is 60.7 Å². The van der Waals surface area contributed by atoms with Crippen LogP contribution in [0.15, 0.2) is 78.9 Å². The van der Waals surface area contributed by atoms with Crippen molar-refractivity contribution >= 4 is 27.3 Å². The smallest absolute Gasteiger partial charge is 0.253 e. The molecule has 0 radical (unpaired) electrons. The van der Waals surface area contributed by atoms with Crippen LogP contribution in [-0.4, -0.2) is 89.7 Å². The topological polar surface area (TPSA) is 94.2 Å². The zero-order valence-electron chi connectivity index (χ0n) is 23.4. The summed E-state index contributed by atoms with van der Waals surface area (Å²) in [5, 5.41) is 3.06. The van der Waals surface area contributed by atoms with E-state index in [2.05, 4.69) is 49.0 Å². The number of rotatable bonds is 11. The molecule has 5 rings (SSSR count). The van der Waals surface area contributed by atoms with Gasteiger partial charge in [-0.15, -0.1) is 0 Å². The Morgan fingerprint density at radius 1 is 0.780 bits per heavy atom. The van der Waals surface area contributed by atoms with Crippen molar-refractivity contribution in [2.45, 2.75) is 12.3 Å². The minimum absolute atomic E-state index is 0.139. The summed E-state index contributed by atoms with van der Waals surface area (Å²) in [6, 6.07) is 24.8. The van der Waals surface area contributed by atoms with Crippen molar-refractivity contribution in [3.05, 3.63) is 95.6 Å². The summed E-state index contributed by atoms with van der Waals surface area (Å²) in [5.41, 5.74) is 3.66. The summed E-state index contributed by atoms with van der Waals surface area (Å²) < 4.78 is 33.9. The Labute approximate surface area is 243 Å². The average Bonchev–Trinajstić information content (AvgIpc) is 2.99. The quantitative estimate of drug-likeness (QED) is 0.362. The number of nitrogens with one attached hydrogen (secondary N) is 2. The molecule has 2 fully saturated rings. The minimum Gasteiger partial charge on any atom is -0.379 e. The van der Waals surface area contributed by atoms with Crippen molar-refractivity contribution in [3.63, 3.8) is 0 Å². The number of carbonyl (C=O) groups excluding carboxylic acids is 1. The fourth-order valence-electron chi connectivity index (χ4n) is 5.30.